The molecular formula is C11H16INO. The van der Waals surface area contributed by atoms with E-state index in [0.29, 0.717) is 0 Å². The Morgan fingerprint density at radius 2 is 1.86 bits per heavy atom. The van der Waals surface area contributed by atoms with Gasteiger partial charge in [0.2, 0.25) is 0 Å². The quantitative estimate of drug-likeness (QED) is 0.836. The predicted octanol–water partition coefficient (Wildman–Crippen LogP) is 2.15. The molecule has 2 nitrogen and oxygen atoms in total. The van der Waals surface area contributed by atoms with E-state index < -0.39 is 0 Å². The molecule has 1 rings (SSSR count). The standard InChI is InChI=1S/C11H16INO/c1-11(2,8-14)13-7-9-3-5-10(12)6-4-9/h3-6,13-14H,7-8H2,1-2H3. The number of rotatable bonds is 4. The van der Waals surface area contributed by atoms with Crippen molar-refractivity contribution in [2.24, 2.45) is 0 Å². The van der Waals surface area contributed by atoms with Crippen LogP contribution in [0.2, 0.25) is 0 Å². The van der Waals surface area contributed by atoms with Crippen LogP contribution < -0.4 is 5.32 Å². The van der Waals surface area contributed by atoms with Crippen LogP contribution in [0.3, 0.4) is 0 Å². The molecule has 2 N–H and O–H groups in total. The zero-order valence-corrected chi connectivity index (χ0v) is 10.7. The highest BCUT2D eigenvalue weighted by Crippen LogP contribution is 2.08. The first-order valence-electron chi connectivity index (χ1n) is 4.64. The van der Waals surface area contributed by atoms with Crippen LogP contribution >= 0.6 is 22.6 Å². The van der Waals surface area contributed by atoms with Gasteiger partial charge in [-0.25, -0.2) is 0 Å². The SMILES string of the molecule is CC(C)(CO)NCc1ccc(I)cc1. The number of aliphatic hydroxyl groups excluding tert-OH is 1. The average Bonchev–Trinajstić information content (AvgIpc) is 2.17. The van der Waals surface area contributed by atoms with Gasteiger partial charge in [-0.05, 0) is 54.1 Å². The fourth-order valence-electron chi connectivity index (χ4n) is 0.999. The van der Waals surface area contributed by atoms with Crippen molar-refractivity contribution in [2.45, 2.75) is 25.9 Å². The molecule has 1 aromatic rings. The van der Waals surface area contributed by atoms with Gasteiger partial charge in [0.15, 0.2) is 0 Å². The maximum atomic E-state index is 9.05. The summed E-state index contributed by atoms with van der Waals surface area (Å²) in [5.41, 5.74) is 1.04. The number of hydrogen-bond donors (Lipinski definition) is 2. The molecular weight excluding hydrogens is 289 g/mol. The molecule has 0 saturated carbocycles. The molecule has 14 heavy (non-hydrogen) atoms. The molecule has 0 heterocycles. The van der Waals surface area contributed by atoms with Gasteiger partial charge in [0.05, 0.1) is 6.61 Å². The zero-order chi connectivity index (χ0) is 10.6. The van der Waals surface area contributed by atoms with Crippen LogP contribution in [-0.2, 0) is 6.54 Å². The maximum Gasteiger partial charge on any atom is 0.0607 e. The monoisotopic (exact) mass is 305 g/mol. The van der Waals surface area contributed by atoms with Crippen molar-refractivity contribution in [3.05, 3.63) is 33.4 Å². The Morgan fingerprint density at radius 3 is 2.36 bits per heavy atom. The van der Waals surface area contributed by atoms with Crippen molar-refractivity contribution >= 4 is 22.6 Å². The molecule has 0 spiro atoms. The number of aliphatic hydroxyl groups is 1. The van der Waals surface area contributed by atoms with Crippen molar-refractivity contribution in [1.29, 1.82) is 0 Å². The van der Waals surface area contributed by atoms with Crippen molar-refractivity contribution in [3.8, 4) is 0 Å². The van der Waals surface area contributed by atoms with Gasteiger partial charge in [0.25, 0.3) is 0 Å². The molecule has 0 fully saturated rings. The van der Waals surface area contributed by atoms with Crippen molar-refractivity contribution in [2.75, 3.05) is 6.61 Å². The second-order valence-corrected chi connectivity index (χ2v) is 5.27. The zero-order valence-electron chi connectivity index (χ0n) is 8.55. The summed E-state index contributed by atoms with van der Waals surface area (Å²) in [6, 6.07) is 8.37. The highest BCUT2D eigenvalue weighted by molar-refractivity contribution is 14.1. The van der Waals surface area contributed by atoms with Crippen molar-refractivity contribution in [1.82, 2.24) is 5.32 Å². The van der Waals surface area contributed by atoms with Gasteiger partial charge in [-0.2, -0.15) is 0 Å². The number of hydrogen-bond acceptors (Lipinski definition) is 2. The van der Waals surface area contributed by atoms with Gasteiger partial charge < -0.3 is 10.4 Å². The fraction of sp³-hybridized carbons (Fsp3) is 0.455. The summed E-state index contributed by atoms with van der Waals surface area (Å²) in [5, 5.41) is 12.3. The molecule has 0 aliphatic rings. The van der Waals surface area contributed by atoms with Crippen LogP contribution in [0.5, 0.6) is 0 Å². The predicted molar refractivity (Wildman–Crippen MR) is 67.2 cm³/mol. The lowest BCUT2D eigenvalue weighted by atomic mass is 10.1. The van der Waals surface area contributed by atoms with Gasteiger partial charge in [0, 0.05) is 15.7 Å². The Morgan fingerprint density at radius 1 is 1.29 bits per heavy atom. The van der Waals surface area contributed by atoms with Gasteiger partial charge in [-0.15, -0.1) is 0 Å². The number of nitrogens with one attached hydrogen (secondary N) is 1. The third-order valence-electron chi connectivity index (χ3n) is 2.08. The third kappa shape index (κ3) is 3.94. The van der Waals surface area contributed by atoms with E-state index in [1.807, 2.05) is 13.8 Å². The number of benzene rings is 1. The lowest BCUT2D eigenvalue weighted by Gasteiger charge is -2.23. The van der Waals surface area contributed by atoms with Crippen LogP contribution in [0.25, 0.3) is 0 Å². The normalized spacial score (nSPS) is 11.7. The molecule has 3 heteroatoms. The van der Waals surface area contributed by atoms with Crippen LogP contribution in [0, 0.1) is 3.57 Å². The largest absolute Gasteiger partial charge is 0.394 e. The van der Waals surface area contributed by atoms with Gasteiger partial charge in [-0.1, -0.05) is 12.1 Å². The van der Waals surface area contributed by atoms with Gasteiger partial charge in [0.1, 0.15) is 0 Å². The second-order valence-electron chi connectivity index (χ2n) is 4.02. The summed E-state index contributed by atoms with van der Waals surface area (Å²) in [7, 11) is 0. The van der Waals surface area contributed by atoms with Crippen LogP contribution in [0.4, 0.5) is 0 Å². The van der Waals surface area contributed by atoms with Crippen LogP contribution in [0.15, 0.2) is 24.3 Å². The van der Waals surface area contributed by atoms with Crippen molar-refractivity contribution < 1.29 is 5.11 Å². The van der Waals surface area contributed by atoms with E-state index in [1.165, 1.54) is 9.13 Å². The topological polar surface area (TPSA) is 32.3 Å². The molecule has 0 atom stereocenters. The molecule has 0 aliphatic carbocycles. The smallest absolute Gasteiger partial charge is 0.0607 e. The summed E-state index contributed by atoms with van der Waals surface area (Å²) >= 11 is 2.29. The minimum absolute atomic E-state index is 0.150. The third-order valence-corrected chi connectivity index (χ3v) is 2.80. The minimum Gasteiger partial charge on any atom is -0.394 e. The Labute approximate surface area is 98.9 Å². The Bertz CT molecular complexity index is 282. The van der Waals surface area contributed by atoms with Crippen molar-refractivity contribution in [3.63, 3.8) is 0 Å². The summed E-state index contributed by atoms with van der Waals surface area (Å²) in [5.74, 6) is 0. The fourth-order valence-corrected chi connectivity index (χ4v) is 1.36. The Kier molecular flexibility index (Phi) is 4.34. The molecule has 0 unspecified atom stereocenters. The molecule has 0 aliphatic heterocycles. The highest BCUT2D eigenvalue weighted by Gasteiger charge is 2.14. The van der Waals surface area contributed by atoms with Gasteiger partial charge >= 0.3 is 0 Å². The Hall–Kier alpha value is -0.130. The first-order chi connectivity index (χ1) is 6.53. The molecule has 1 aromatic carbocycles. The maximum absolute atomic E-state index is 9.05. The molecule has 78 valence electrons. The number of halogens is 1. The van der Waals surface area contributed by atoms with E-state index in [2.05, 4.69) is 52.2 Å². The van der Waals surface area contributed by atoms with E-state index >= 15 is 0 Å². The second kappa shape index (κ2) is 5.09. The molecule has 0 radical (unpaired) electrons. The average molecular weight is 305 g/mol. The van der Waals surface area contributed by atoms with E-state index in [1.54, 1.807) is 0 Å². The van der Waals surface area contributed by atoms with E-state index in [9.17, 15) is 0 Å². The van der Waals surface area contributed by atoms with E-state index in [-0.39, 0.29) is 12.1 Å². The first-order valence-corrected chi connectivity index (χ1v) is 5.72. The lowest BCUT2D eigenvalue weighted by Crippen LogP contribution is -2.42. The van der Waals surface area contributed by atoms with E-state index in [0.717, 1.165) is 6.54 Å². The Balaban J connectivity index is 2.50. The summed E-state index contributed by atoms with van der Waals surface area (Å²) in [4.78, 5) is 0. The molecule has 0 aromatic heterocycles. The molecule has 0 bridgehead atoms. The summed E-state index contributed by atoms with van der Waals surface area (Å²) in [6.45, 7) is 4.92. The van der Waals surface area contributed by atoms with Crippen LogP contribution in [-0.4, -0.2) is 17.3 Å². The summed E-state index contributed by atoms with van der Waals surface area (Å²) in [6.07, 6.45) is 0. The molecule has 0 amide bonds. The lowest BCUT2D eigenvalue weighted by molar-refractivity contribution is 0.187. The van der Waals surface area contributed by atoms with Gasteiger partial charge in [-0.3, -0.25) is 0 Å². The minimum atomic E-state index is -0.205. The first kappa shape index (κ1) is 11.9. The van der Waals surface area contributed by atoms with E-state index in [4.69, 9.17) is 5.11 Å². The summed E-state index contributed by atoms with van der Waals surface area (Å²) < 4.78 is 1.24. The van der Waals surface area contributed by atoms with Crippen LogP contribution in [0.1, 0.15) is 19.4 Å². The highest BCUT2D eigenvalue weighted by atomic mass is 127. The molecule has 0 saturated heterocycles.